The van der Waals surface area contributed by atoms with Crippen LogP contribution in [0.2, 0.25) is 0 Å². The maximum Gasteiger partial charge on any atom is 0.165 e. The number of hydrogen-bond donors (Lipinski definition) is 1. The second kappa shape index (κ2) is 5.31. The third-order valence-corrected chi connectivity index (χ3v) is 3.22. The third kappa shape index (κ3) is 2.87. The predicted molar refractivity (Wildman–Crippen MR) is 82.9 cm³/mol. The SMILES string of the molecule is CC(C)Cn1nc(C(C)(C)C)c(O)c1-c1ccccc1. The van der Waals surface area contributed by atoms with Crippen molar-refractivity contribution in [2.24, 2.45) is 5.92 Å². The lowest BCUT2D eigenvalue weighted by molar-refractivity contribution is 0.444. The molecule has 1 heterocycles. The molecule has 0 aliphatic rings. The van der Waals surface area contributed by atoms with Gasteiger partial charge in [-0.25, -0.2) is 0 Å². The highest BCUT2D eigenvalue weighted by Gasteiger charge is 2.27. The molecule has 108 valence electrons. The van der Waals surface area contributed by atoms with Crippen LogP contribution < -0.4 is 0 Å². The van der Waals surface area contributed by atoms with Gasteiger partial charge in [-0.1, -0.05) is 65.0 Å². The molecular weight excluding hydrogens is 248 g/mol. The Hall–Kier alpha value is -1.77. The topological polar surface area (TPSA) is 38.0 Å². The molecule has 3 nitrogen and oxygen atoms in total. The lowest BCUT2D eigenvalue weighted by Crippen LogP contribution is -2.14. The van der Waals surface area contributed by atoms with Crippen LogP contribution in [0.5, 0.6) is 5.75 Å². The zero-order valence-electron chi connectivity index (χ0n) is 13.0. The summed E-state index contributed by atoms with van der Waals surface area (Å²) in [6, 6.07) is 9.98. The van der Waals surface area contributed by atoms with Gasteiger partial charge in [0.2, 0.25) is 0 Å². The van der Waals surface area contributed by atoms with Crippen molar-refractivity contribution < 1.29 is 5.11 Å². The summed E-state index contributed by atoms with van der Waals surface area (Å²) in [5.74, 6) is 0.786. The highest BCUT2D eigenvalue weighted by molar-refractivity contribution is 5.68. The van der Waals surface area contributed by atoms with E-state index in [9.17, 15) is 5.11 Å². The normalized spacial score (nSPS) is 12.1. The van der Waals surface area contributed by atoms with Crippen molar-refractivity contribution in [2.75, 3.05) is 0 Å². The van der Waals surface area contributed by atoms with Crippen LogP contribution in [-0.4, -0.2) is 14.9 Å². The number of nitrogens with zero attached hydrogens (tertiary/aromatic N) is 2. The van der Waals surface area contributed by atoms with E-state index in [1.807, 2.05) is 35.0 Å². The average molecular weight is 272 g/mol. The van der Waals surface area contributed by atoms with Gasteiger partial charge in [-0.3, -0.25) is 4.68 Å². The second-order valence-corrected chi connectivity index (χ2v) is 6.74. The van der Waals surface area contributed by atoms with E-state index >= 15 is 0 Å². The van der Waals surface area contributed by atoms with Gasteiger partial charge in [0.05, 0.1) is 0 Å². The van der Waals surface area contributed by atoms with Crippen molar-refractivity contribution in [1.29, 1.82) is 0 Å². The Bertz CT molecular complexity index is 577. The number of aromatic nitrogens is 2. The molecule has 2 rings (SSSR count). The van der Waals surface area contributed by atoms with Crippen LogP contribution in [0.4, 0.5) is 0 Å². The minimum atomic E-state index is -0.171. The summed E-state index contributed by atoms with van der Waals surface area (Å²) in [4.78, 5) is 0. The lowest BCUT2D eigenvalue weighted by atomic mass is 9.91. The van der Waals surface area contributed by atoms with Crippen molar-refractivity contribution >= 4 is 0 Å². The zero-order chi connectivity index (χ0) is 14.9. The van der Waals surface area contributed by atoms with Crippen LogP contribution in [0.1, 0.15) is 40.3 Å². The Morgan fingerprint density at radius 1 is 1.15 bits per heavy atom. The molecule has 0 atom stereocenters. The summed E-state index contributed by atoms with van der Waals surface area (Å²) >= 11 is 0. The molecule has 0 saturated carbocycles. The summed E-state index contributed by atoms with van der Waals surface area (Å²) < 4.78 is 1.94. The fourth-order valence-electron chi connectivity index (χ4n) is 2.32. The quantitative estimate of drug-likeness (QED) is 0.909. The first-order valence-corrected chi connectivity index (χ1v) is 7.16. The van der Waals surface area contributed by atoms with E-state index in [4.69, 9.17) is 0 Å². The summed E-state index contributed by atoms with van der Waals surface area (Å²) in [7, 11) is 0. The molecule has 0 aliphatic carbocycles. The van der Waals surface area contributed by atoms with Crippen molar-refractivity contribution in [3.8, 4) is 17.0 Å². The first-order chi connectivity index (χ1) is 9.30. The third-order valence-electron chi connectivity index (χ3n) is 3.22. The Labute approximate surface area is 121 Å². The van der Waals surface area contributed by atoms with Gasteiger partial charge >= 0.3 is 0 Å². The second-order valence-electron chi connectivity index (χ2n) is 6.74. The Morgan fingerprint density at radius 2 is 1.75 bits per heavy atom. The van der Waals surface area contributed by atoms with Gasteiger partial charge in [-0.15, -0.1) is 0 Å². The minimum absolute atomic E-state index is 0.171. The van der Waals surface area contributed by atoms with Gasteiger partial charge in [0.25, 0.3) is 0 Å². The van der Waals surface area contributed by atoms with Gasteiger partial charge in [-0.05, 0) is 5.92 Å². The van der Waals surface area contributed by atoms with E-state index in [2.05, 4.69) is 39.7 Å². The molecule has 1 aromatic carbocycles. The van der Waals surface area contributed by atoms with Crippen molar-refractivity contribution in [1.82, 2.24) is 9.78 Å². The van der Waals surface area contributed by atoms with Gasteiger partial charge in [0.15, 0.2) is 5.75 Å². The Balaban J connectivity index is 2.61. The fraction of sp³-hybridized carbons (Fsp3) is 0.471. The molecule has 2 aromatic rings. The first kappa shape index (κ1) is 14.6. The zero-order valence-corrected chi connectivity index (χ0v) is 13.0. The molecule has 1 aromatic heterocycles. The first-order valence-electron chi connectivity index (χ1n) is 7.16. The average Bonchev–Trinajstić information content (AvgIpc) is 2.66. The van der Waals surface area contributed by atoms with E-state index in [0.29, 0.717) is 11.7 Å². The molecule has 0 bridgehead atoms. The van der Waals surface area contributed by atoms with Crippen LogP contribution in [0, 0.1) is 5.92 Å². The van der Waals surface area contributed by atoms with E-state index in [1.54, 1.807) is 0 Å². The van der Waals surface area contributed by atoms with E-state index < -0.39 is 0 Å². The fourth-order valence-corrected chi connectivity index (χ4v) is 2.32. The molecule has 0 radical (unpaired) electrons. The lowest BCUT2D eigenvalue weighted by Gasteiger charge is -2.15. The molecule has 20 heavy (non-hydrogen) atoms. The van der Waals surface area contributed by atoms with Gasteiger partial charge in [0, 0.05) is 17.5 Å². The molecule has 0 saturated heterocycles. The standard InChI is InChI=1S/C17H24N2O/c1-12(2)11-19-14(13-9-7-6-8-10-13)15(20)16(18-19)17(3,4)5/h6-10,12,20H,11H2,1-5H3. The Morgan fingerprint density at radius 3 is 2.25 bits per heavy atom. The van der Waals surface area contributed by atoms with E-state index in [0.717, 1.165) is 23.5 Å². The molecule has 0 unspecified atom stereocenters. The Kier molecular flexibility index (Phi) is 3.89. The molecule has 1 N–H and O–H groups in total. The van der Waals surface area contributed by atoms with E-state index in [1.165, 1.54) is 0 Å². The molecule has 0 aliphatic heterocycles. The van der Waals surface area contributed by atoms with Gasteiger partial charge < -0.3 is 5.11 Å². The number of rotatable bonds is 3. The van der Waals surface area contributed by atoms with Crippen LogP contribution in [-0.2, 0) is 12.0 Å². The summed E-state index contributed by atoms with van der Waals surface area (Å²) in [5.41, 5.74) is 2.42. The number of benzene rings is 1. The maximum atomic E-state index is 10.6. The van der Waals surface area contributed by atoms with Crippen LogP contribution >= 0.6 is 0 Å². The van der Waals surface area contributed by atoms with Crippen LogP contribution in [0.15, 0.2) is 30.3 Å². The summed E-state index contributed by atoms with van der Waals surface area (Å²) in [6.07, 6.45) is 0. The predicted octanol–water partition coefficient (Wildman–Crippen LogP) is 4.21. The highest BCUT2D eigenvalue weighted by atomic mass is 16.3. The summed E-state index contributed by atoms with van der Waals surface area (Å²) in [6.45, 7) is 11.3. The number of aromatic hydroxyl groups is 1. The molecule has 0 fully saturated rings. The van der Waals surface area contributed by atoms with Crippen molar-refractivity contribution in [3.05, 3.63) is 36.0 Å². The smallest absolute Gasteiger partial charge is 0.165 e. The number of hydrogen-bond acceptors (Lipinski definition) is 2. The minimum Gasteiger partial charge on any atom is -0.504 e. The molecule has 3 heteroatoms. The molecular formula is C17H24N2O. The van der Waals surface area contributed by atoms with Crippen LogP contribution in [0.25, 0.3) is 11.3 Å². The largest absolute Gasteiger partial charge is 0.504 e. The van der Waals surface area contributed by atoms with Gasteiger partial charge in [0.1, 0.15) is 11.4 Å². The van der Waals surface area contributed by atoms with E-state index in [-0.39, 0.29) is 5.41 Å². The van der Waals surface area contributed by atoms with Crippen molar-refractivity contribution in [3.63, 3.8) is 0 Å². The monoisotopic (exact) mass is 272 g/mol. The highest BCUT2D eigenvalue weighted by Crippen LogP contribution is 2.38. The summed E-state index contributed by atoms with van der Waals surface area (Å²) in [5, 5.41) is 15.3. The van der Waals surface area contributed by atoms with Gasteiger partial charge in [-0.2, -0.15) is 5.10 Å². The molecule has 0 spiro atoms. The molecule has 0 amide bonds. The maximum absolute atomic E-state index is 10.6. The van der Waals surface area contributed by atoms with Crippen LogP contribution in [0.3, 0.4) is 0 Å². The van der Waals surface area contributed by atoms with Crippen molar-refractivity contribution in [2.45, 2.75) is 46.6 Å².